The van der Waals surface area contributed by atoms with Crippen molar-refractivity contribution in [1.82, 2.24) is 29.8 Å². The fourth-order valence-corrected chi connectivity index (χ4v) is 4.31. The highest BCUT2D eigenvalue weighted by Crippen LogP contribution is 2.25. The van der Waals surface area contributed by atoms with E-state index >= 15 is 0 Å². The average Bonchev–Trinajstić information content (AvgIpc) is 3.41. The molecule has 1 aliphatic heterocycles. The van der Waals surface area contributed by atoms with Gasteiger partial charge in [-0.2, -0.15) is 0 Å². The summed E-state index contributed by atoms with van der Waals surface area (Å²) in [6.45, 7) is 3.27. The van der Waals surface area contributed by atoms with Gasteiger partial charge in [-0.3, -0.25) is 9.88 Å². The number of hydrogen-bond acceptors (Lipinski definition) is 4. The number of piperidine rings is 1. The Kier molecular flexibility index (Phi) is 4.62. The van der Waals surface area contributed by atoms with Crippen LogP contribution in [0.25, 0.3) is 22.4 Å². The van der Waals surface area contributed by atoms with Crippen LogP contribution in [0.4, 0.5) is 0 Å². The van der Waals surface area contributed by atoms with Crippen molar-refractivity contribution in [2.75, 3.05) is 13.1 Å². The molecule has 142 valence electrons. The molecule has 28 heavy (non-hydrogen) atoms. The quantitative estimate of drug-likeness (QED) is 0.559. The van der Waals surface area contributed by atoms with Crippen LogP contribution in [0.15, 0.2) is 55.2 Å². The highest BCUT2D eigenvalue weighted by molar-refractivity contribution is 5.82. The highest BCUT2D eigenvalue weighted by atomic mass is 15.1. The number of H-pyrrole nitrogens is 2. The van der Waals surface area contributed by atoms with Crippen molar-refractivity contribution in [3.8, 4) is 11.5 Å². The molecule has 0 bridgehead atoms. The monoisotopic (exact) mass is 372 g/mol. The number of nitrogens with one attached hydrogen (secondary N) is 2. The first-order valence-corrected chi connectivity index (χ1v) is 9.93. The number of nitrogens with zero attached hydrogens (tertiary/aromatic N) is 4. The average molecular weight is 372 g/mol. The molecule has 0 amide bonds. The maximum Gasteiger partial charge on any atom is 0.157 e. The van der Waals surface area contributed by atoms with E-state index in [4.69, 9.17) is 4.98 Å². The van der Waals surface area contributed by atoms with Crippen molar-refractivity contribution in [2.45, 2.75) is 25.8 Å². The fourth-order valence-electron chi connectivity index (χ4n) is 4.31. The minimum atomic E-state index is 0.611. The Morgan fingerprint density at radius 2 is 2.11 bits per heavy atom. The summed E-state index contributed by atoms with van der Waals surface area (Å²) >= 11 is 0. The molecule has 1 aromatic carbocycles. The molecule has 1 fully saturated rings. The number of imidazole rings is 1. The molecule has 5 rings (SSSR count). The number of hydrogen-bond donors (Lipinski definition) is 2. The standard InChI is InChI=1S/C22H24N6/c1-4-17(19-6-7-24-20(19)5-1)15-28-10-2-3-16(14-28)11-18-12-23-13-21(27-18)22-25-8-9-26-22/h1,4-9,12-13,16,24H,2-3,10-11,14-15H2,(H,25,26)/t16-/m1/s1. The second-order valence-electron chi connectivity index (χ2n) is 7.64. The third-order valence-electron chi connectivity index (χ3n) is 5.61. The first kappa shape index (κ1) is 17.1. The summed E-state index contributed by atoms with van der Waals surface area (Å²) in [5.74, 6) is 1.39. The van der Waals surface area contributed by atoms with Gasteiger partial charge < -0.3 is 9.97 Å². The van der Waals surface area contributed by atoms with Gasteiger partial charge in [0.2, 0.25) is 0 Å². The van der Waals surface area contributed by atoms with E-state index in [1.54, 1.807) is 12.4 Å². The van der Waals surface area contributed by atoms with Crippen LogP contribution in [0.3, 0.4) is 0 Å². The molecule has 0 unspecified atom stereocenters. The third kappa shape index (κ3) is 3.55. The third-order valence-corrected chi connectivity index (χ3v) is 5.61. The summed E-state index contributed by atoms with van der Waals surface area (Å²) in [5, 5.41) is 1.33. The van der Waals surface area contributed by atoms with Crippen LogP contribution in [0, 0.1) is 5.92 Å². The molecular weight excluding hydrogens is 348 g/mol. The van der Waals surface area contributed by atoms with Crippen molar-refractivity contribution in [2.24, 2.45) is 5.92 Å². The Labute approximate surface area is 164 Å². The van der Waals surface area contributed by atoms with Gasteiger partial charge in [0.25, 0.3) is 0 Å². The molecule has 0 saturated carbocycles. The van der Waals surface area contributed by atoms with Crippen molar-refractivity contribution in [3.05, 3.63) is 66.5 Å². The lowest BCUT2D eigenvalue weighted by atomic mass is 9.93. The van der Waals surface area contributed by atoms with E-state index in [1.807, 2.05) is 18.6 Å². The topological polar surface area (TPSA) is 73.5 Å². The first-order chi connectivity index (χ1) is 13.8. The zero-order valence-corrected chi connectivity index (χ0v) is 15.8. The van der Waals surface area contributed by atoms with Gasteiger partial charge in [-0.05, 0) is 49.4 Å². The highest BCUT2D eigenvalue weighted by Gasteiger charge is 2.21. The van der Waals surface area contributed by atoms with E-state index in [-0.39, 0.29) is 0 Å². The Morgan fingerprint density at radius 1 is 1.11 bits per heavy atom. The van der Waals surface area contributed by atoms with E-state index in [0.29, 0.717) is 5.92 Å². The van der Waals surface area contributed by atoms with Gasteiger partial charge in [-0.1, -0.05) is 12.1 Å². The van der Waals surface area contributed by atoms with Crippen LogP contribution in [0.2, 0.25) is 0 Å². The predicted molar refractivity (Wildman–Crippen MR) is 110 cm³/mol. The second kappa shape index (κ2) is 7.56. The minimum Gasteiger partial charge on any atom is -0.361 e. The second-order valence-corrected chi connectivity index (χ2v) is 7.64. The molecule has 6 nitrogen and oxygen atoms in total. The van der Waals surface area contributed by atoms with Crippen molar-refractivity contribution in [1.29, 1.82) is 0 Å². The van der Waals surface area contributed by atoms with Gasteiger partial charge in [0.15, 0.2) is 5.82 Å². The van der Waals surface area contributed by atoms with Crippen molar-refractivity contribution >= 4 is 10.9 Å². The van der Waals surface area contributed by atoms with E-state index in [2.05, 4.69) is 49.1 Å². The molecular formula is C22H24N6. The molecule has 0 aliphatic carbocycles. The normalized spacial score (nSPS) is 17.9. The van der Waals surface area contributed by atoms with Gasteiger partial charge >= 0.3 is 0 Å². The number of likely N-dealkylation sites (tertiary alicyclic amines) is 1. The van der Waals surface area contributed by atoms with Crippen molar-refractivity contribution in [3.63, 3.8) is 0 Å². The molecule has 4 aromatic rings. The molecule has 6 heteroatoms. The lowest BCUT2D eigenvalue weighted by Gasteiger charge is -2.32. The number of aromatic amines is 2. The van der Waals surface area contributed by atoms with E-state index in [1.165, 1.54) is 29.3 Å². The Hall–Kier alpha value is -2.99. The predicted octanol–water partition coefficient (Wildman–Crippen LogP) is 3.80. The van der Waals surface area contributed by atoms with Crippen LogP contribution in [0.5, 0.6) is 0 Å². The van der Waals surface area contributed by atoms with E-state index < -0.39 is 0 Å². The zero-order chi connectivity index (χ0) is 18.8. The molecule has 0 spiro atoms. The maximum absolute atomic E-state index is 4.77. The minimum absolute atomic E-state index is 0.611. The zero-order valence-electron chi connectivity index (χ0n) is 15.8. The summed E-state index contributed by atoms with van der Waals surface area (Å²) in [7, 11) is 0. The van der Waals surface area contributed by atoms with Gasteiger partial charge in [0, 0.05) is 48.8 Å². The number of aromatic nitrogens is 5. The maximum atomic E-state index is 4.77. The molecule has 3 aromatic heterocycles. The molecule has 4 heterocycles. The summed E-state index contributed by atoms with van der Waals surface area (Å²) in [6.07, 6.45) is 12.7. The van der Waals surface area contributed by atoms with Gasteiger partial charge in [0.05, 0.1) is 11.9 Å². The fraction of sp³-hybridized carbons (Fsp3) is 0.318. The van der Waals surface area contributed by atoms with Crippen LogP contribution in [-0.2, 0) is 13.0 Å². The largest absolute Gasteiger partial charge is 0.361 e. The summed E-state index contributed by atoms with van der Waals surface area (Å²) in [6, 6.07) is 8.72. The van der Waals surface area contributed by atoms with Crippen LogP contribution < -0.4 is 0 Å². The van der Waals surface area contributed by atoms with E-state index in [9.17, 15) is 0 Å². The molecule has 1 saturated heterocycles. The molecule has 2 N–H and O–H groups in total. The number of rotatable bonds is 5. The van der Waals surface area contributed by atoms with Crippen LogP contribution in [0.1, 0.15) is 24.1 Å². The Balaban J connectivity index is 1.27. The number of benzene rings is 1. The van der Waals surface area contributed by atoms with Gasteiger partial charge in [-0.15, -0.1) is 0 Å². The summed E-state index contributed by atoms with van der Waals surface area (Å²) < 4.78 is 0. The summed E-state index contributed by atoms with van der Waals surface area (Å²) in [4.78, 5) is 22.4. The number of fused-ring (bicyclic) bond motifs is 1. The van der Waals surface area contributed by atoms with Crippen LogP contribution >= 0.6 is 0 Å². The lowest BCUT2D eigenvalue weighted by Crippen LogP contribution is -2.35. The van der Waals surface area contributed by atoms with Gasteiger partial charge in [0.1, 0.15) is 5.69 Å². The lowest BCUT2D eigenvalue weighted by molar-refractivity contribution is 0.167. The van der Waals surface area contributed by atoms with Crippen LogP contribution in [-0.4, -0.2) is 42.9 Å². The molecule has 1 atom stereocenters. The van der Waals surface area contributed by atoms with E-state index in [0.717, 1.165) is 43.3 Å². The van der Waals surface area contributed by atoms with Crippen molar-refractivity contribution < 1.29 is 0 Å². The van der Waals surface area contributed by atoms with Gasteiger partial charge in [-0.25, -0.2) is 9.97 Å². The first-order valence-electron chi connectivity index (χ1n) is 9.93. The Morgan fingerprint density at radius 3 is 3.04 bits per heavy atom. The molecule has 1 aliphatic rings. The molecule has 0 radical (unpaired) electrons. The summed E-state index contributed by atoms with van der Waals surface area (Å²) in [5.41, 5.74) is 4.48. The Bertz CT molecular complexity index is 1050. The smallest absolute Gasteiger partial charge is 0.157 e. The SMILES string of the molecule is c1cc(CN2CCC[C@H](Cc3cncc(-c4ncc[nH]4)n3)C2)c2cc[nH]c2c1.